The predicted octanol–water partition coefficient (Wildman–Crippen LogP) is 7.76. The highest BCUT2D eigenvalue weighted by molar-refractivity contribution is 8.02. The molecule has 57 heavy (non-hydrogen) atoms. The van der Waals surface area contributed by atoms with Crippen molar-refractivity contribution in [1.29, 1.82) is 0 Å². The molecule has 11 nitrogen and oxygen atoms in total. The van der Waals surface area contributed by atoms with Crippen LogP contribution in [-0.4, -0.2) is 78.7 Å². The van der Waals surface area contributed by atoms with Crippen molar-refractivity contribution in [3.8, 4) is 22.5 Å². The molecule has 2 amide bonds. The Morgan fingerprint density at radius 1 is 0.719 bits per heavy atom. The molecule has 0 bridgehead atoms. The van der Waals surface area contributed by atoms with Crippen LogP contribution in [0.5, 0.6) is 0 Å². The lowest BCUT2D eigenvalue weighted by Crippen LogP contribution is -2.27. The van der Waals surface area contributed by atoms with Gasteiger partial charge < -0.3 is 0 Å². The van der Waals surface area contributed by atoms with Crippen LogP contribution in [0.1, 0.15) is 35.4 Å². The normalized spacial score (nSPS) is 14.4. The molecule has 0 saturated heterocycles. The average Bonchev–Trinajstić information content (AvgIpc) is 3.91. The van der Waals surface area contributed by atoms with Crippen LogP contribution in [0.4, 0.5) is 10.3 Å². The summed E-state index contributed by atoms with van der Waals surface area (Å²) in [6, 6.07) is 27.2. The molecular weight excluding hydrogens is 795 g/mol. The summed E-state index contributed by atoms with van der Waals surface area (Å²) >= 11 is 2.58. The number of hydrogen-bond donors (Lipinski definition) is 0. The number of benzene rings is 2. The van der Waals surface area contributed by atoms with E-state index in [1.165, 1.54) is 34.6 Å². The number of amides is 2. The highest BCUT2D eigenvalue weighted by Gasteiger charge is 2.35. The second kappa shape index (κ2) is 17.6. The van der Waals surface area contributed by atoms with E-state index in [-0.39, 0.29) is 29.9 Å². The van der Waals surface area contributed by atoms with Crippen LogP contribution in [0.25, 0.3) is 22.5 Å². The third kappa shape index (κ3) is 9.90. The van der Waals surface area contributed by atoms with Gasteiger partial charge in [0.25, 0.3) is 0 Å². The second-order valence-electron chi connectivity index (χ2n) is 13.7. The van der Waals surface area contributed by atoms with Gasteiger partial charge in [0.05, 0.1) is 45.3 Å². The van der Waals surface area contributed by atoms with E-state index < -0.39 is 19.3 Å². The zero-order valence-corrected chi connectivity index (χ0v) is 36.0. The van der Waals surface area contributed by atoms with E-state index >= 15 is 0 Å². The molecule has 1 fully saturated rings. The van der Waals surface area contributed by atoms with E-state index in [4.69, 9.17) is 0 Å². The highest BCUT2D eigenvalue weighted by Crippen LogP contribution is 2.39. The van der Waals surface area contributed by atoms with Crippen LogP contribution in [0.2, 0.25) is 0 Å². The zero-order valence-electron chi connectivity index (χ0n) is 32.7. The van der Waals surface area contributed by atoms with Crippen LogP contribution >= 0.6 is 22.7 Å². The fourth-order valence-electron chi connectivity index (χ4n) is 5.83. The Morgan fingerprint density at radius 3 is 1.53 bits per heavy atom. The maximum atomic E-state index is 13.0. The maximum absolute atomic E-state index is 13.0. The van der Waals surface area contributed by atoms with Crippen molar-refractivity contribution in [2.45, 2.75) is 53.2 Å². The Hall–Kier alpha value is -5.09. The zero-order chi connectivity index (χ0) is 40.9. The van der Waals surface area contributed by atoms with E-state index in [0.29, 0.717) is 20.2 Å². The van der Waals surface area contributed by atoms with E-state index in [2.05, 4.69) is 30.2 Å². The van der Waals surface area contributed by atoms with Gasteiger partial charge in [-0.25, -0.2) is 18.5 Å². The van der Waals surface area contributed by atoms with Crippen molar-refractivity contribution < 1.29 is 18.0 Å². The molecule has 2 unspecified atom stereocenters. The summed E-state index contributed by atoms with van der Waals surface area (Å²) in [5.41, 5.74) is 7.02. The number of carbonyl (C=O) groups excluding carboxylic acids is 2. The van der Waals surface area contributed by atoms with E-state index in [1.54, 1.807) is 44.6 Å². The van der Waals surface area contributed by atoms with Gasteiger partial charge in [-0.2, -0.15) is 0 Å². The number of likely N-dealkylation sites (N-methyl/N-ethyl adjacent to an activating group) is 2. The van der Waals surface area contributed by atoms with Crippen LogP contribution in [0.3, 0.4) is 0 Å². The molecule has 4 heterocycles. The van der Waals surface area contributed by atoms with Gasteiger partial charge in [-0.15, -0.1) is 0 Å². The lowest BCUT2D eigenvalue weighted by atomic mass is 10.1. The first-order valence-corrected chi connectivity index (χ1v) is 23.5. The first-order chi connectivity index (χ1) is 27.2. The van der Waals surface area contributed by atoms with E-state index in [9.17, 15) is 18.0 Å². The van der Waals surface area contributed by atoms with E-state index in [1.807, 2.05) is 91.9 Å². The number of anilines is 2. The molecule has 0 spiro atoms. The number of carbonyl (C=O) groups is 2. The Kier molecular flexibility index (Phi) is 12.8. The largest absolute Gasteiger partial charge is 0.291 e. The molecule has 0 aliphatic heterocycles. The standard InChI is InChI=1S/C22H23N3O2S2.C20H22N4O2S2/c1-15-21(29(3,27)18-11-12-18)28-22(24-15)25(2)20(26)14-16-7-9-17(10-8-16)19-6-4-5-13-23-19;1-14-19(28(4,26)21-2)27-20(23-14)24(3)18(25)13-15-8-10-16(11-9-15)17-7-5-6-12-22-17/h4-10,13,18H,3,11-12,14H2,1-2H3;5-12H,13H2,1-4H3. The van der Waals surface area contributed by atoms with Gasteiger partial charge in [0.2, 0.25) is 11.8 Å². The minimum atomic E-state index is -2.47. The van der Waals surface area contributed by atoms with Crippen molar-refractivity contribution in [2.24, 2.45) is 4.36 Å². The van der Waals surface area contributed by atoms with Gasteiger partial charge in [-0.3, -0.25) is 33.6 Å². The quantitative estimate of drug-likeness (QED) is 0.121. The van der Waals surface area contributed by atoms with Gasteiger partial charge >= 0.3 is 0 Å². The molecule has 1 aliphatic rings. The number of nitrogens with zero attached hydrogens (tertiary/aromatic N) is 7. The van der Waals surface area contributed by atoms with Crippen molar-refractivity contribution in [1.82, 2.24) is 19.9 Å². The Morgan fingerprint density at radius 2 is 1.14 bits per heavy atom. The number of hydrogen-bond acceptors (Lipinski definition) is 11. The van der Waals surface area contributed by atoms with Crippen LogP contribution in [0, 0.1) is 13.8 Å². The minimum Gasteiger partial charge on any atom is -0.291 e. The Labute approximate surface area is 343 Å². The first kappa shape index (κ1) is 41.5. The fourth-order valence-corrected chi connectivity index (χ4v) is 12.2. The third-order valence-electron chi connectivity index (χ3n) is 9.42. The molecule has 15 heteroatoms. The monoisotopic (exact) mass is 839 g/mol. The van der Waals surface area contributed by atoms with Crippen LogP contribution in [-0.2, 0) is 41.7 Å². The summed E-state index contributed by atoms with van der Waals surface area (Å²) in [6.07, 6.45) is 7.55. The molecular formula is C42H45N7O4S4. The fraction of sp³-hybridized carbons (Fsp3) is 0.262. The van der Waals surface area contributed by atoms with Crippen LogP contribution < -0.4 is 9.80 Å². The van der Waals surface area contributed by atoms with Gasteiger partial charge in [-0.05, 0) is 68.0 Å². The van der Waals surface area contributed by atoms with Gasteiger partial charge in [0.1, 0.15) is 8.42 Å². The number of aryl methyl sites for hydroxylation is 2. The summed E-state index contributed by atoms with van der Waals surface area (Å²) in [7, 11) is 0.154. The summed E-state index contributed by atoms with van der Waals surface area (Å²) in [4.78, 5) is 46.1. The minimum absolute atomic E-state index is 0.0575. The molecule has 0 radical (unpaired) electrons. The molecule has 2 aromatic carbocycles. The SMILES string of the molecule is C=S(=O)(c1sc(N(C)C(=O)Cc2ccc(-c3ccccn3)cc2)nc1C)C1CC1.CN=S(C)(=O)c1sc(N(C)C(=O)Cc2ccc(-c3ccccn3)cc2)nc1C. The van der Waals surface area contributed by atoms with Gasteiger partial charge in [-0.1, -0.05) is 83.3 Å². The lowest BCUT2D eigenvalue weighted by molar-refractivity contribution is -0.118. The number of rotatable bonds is 11. The van der Waals surface area contributed by atoms with Crippen molar-refractivity contribution >= 4 is 69.9 Å². The molecule has 6 aromatic rings. The Bertz CT molecular complexity index is 2600. The van der Waals surface area contributed by atoms with Crippen LogP contribution in [0.15, 0.2) is 110 Å². The highest BCUT2D eigenvalue weighted by atomic mass is 32.2. The number of thiazole rings is 2. The topological polar surface area (TPSA) is 139 Å². The summed E-state index contributed by atoms with van der Waals surface area (Å²) in [5, 5.41) is 1.26. The van der Waals surface area contributed by atoms with Gasteiger partial charge in [0.15, 0.2) is 10.3 Å². The number of aromatic nitrogens is 4. The van der Waals surface area contributed by atoms with E-state index in [0.717, 1.165) is 56.4 Å². The Balaban J connectivity index is 0.000000193. The molecule has 1 aliphatic carbocycles. The summed E-state index contributed by atoms with van der Waals surface area (Å²) < 4.78 is 30.8. The average molecular weight is 840 g/mol. The smallest absolute Gasteiger partial charge is 0.232 e. The van der Waals surface area contributed by atoms with Crippen molar-refractivity contribution in [2.75, 3.05) is 37.2 Å². The molecule has 296 valence electrons. The maximum Gasteiger partial charge on any atom is 0.232 e. The van der Waals surface area contributed by atoms with Crippen molar-refractivity contribution in [3.63, 3.8) is 0 Å². The third-order valence-corrected chi connectivity index (χ3v) is 17.9. The van der Waals surface area contributed by atoms with Gasteiger partial charge in [0, 0.05) is 65.7 Å². The molecule has 7 rings (SSSR count). The number of pyridine rings is 2. The molecule has 4 aromatic heterocycles. The lowest BCUT2D eigenvalue weighted by Gasteiger charge is -2.14. The summed E-state index contributed by atoms with van der Waals surface area (Å²) in [6.45, 7) is 3.63. The van der Waals surface area contributed by atoms with Crippen molar-refractivity contribution in [3.05, 3.63) is 120 Å². The molecule has 1 saturated carbocycles. The molecule has 2 atom stereocenters. The second-order valence-corrected chi connectivity index (χ2v) is 21.1. The first-order valence-electron chi connectivity index (χ1n) is 18.1. The predicted molar refractivity (Wildman–Crippen MR) is 235 cm³/mol. The molecule has 0 N–H and O–H groups in total. The summed E-state index contributed by atoms with van der Waals surface area (Å²) in [5.74, 6) is 3.83.